The molecular formula is C30H40FN3O6. The summed E-state index contributed by atoms with van der Waals surface area (Å²) in [5, 5.41) is 45.4. The number of rotatable bonds is 7. The number of hydrogen-bond acceptors (Lipinski definition) is 8. The number of benzene rings is 1. The SMILES string of the molecule is C=C1C(C(N)=O)=C(O)[C@@H](N(C)C)[C@@H]2C[C@@H]3Cc4c(F)c(CN(CC)C(C)(C)CC)cc(O)c4C(=O)C3=C(O)[C@]12O. The van der Waals surface area contributed by atoms with Gasteiger partial charge in [0.15, 0.2) is 11.4 Å². The maximum atomic E-state index is 16.1. The number of phenols is 1. The number of fused-ring (bicyclic) bond motifs is 3. The number of Topliss-reactive ketones (excluding diaryl/α,β-unsaturated/α-hetero) is 1. The van der Waals surface area contributed by atoms with Gasteiger partial charge in [-0.2, -0.15) is 0 Å². The third-order valence-electron chi connectivity index (χ3n) is 9.38. The van der Waals surface area contributed by atoms with Crippen molar-refractivity contribution in [1.82, 2.24) is 9.80 Å². The third kappa shape index (κ3) is 4.15. The Bertz CT molecular complexity index is 1360. The summed E-state index contributed by atoms with van der Waals surface area (Å²) in [6.07, 6.45) is 0.880. The van der Waals surface area contributed by atoms with Gasteiger partial charge in [-0.25, -0.2) is 4.39 Å². The number of aliphatic hydroxyl groups excluding tert-OH is 2. The number of halogens is 1. The molecule has 1 amide bonds. The Balaban J connectivity index is 1.87. The second-order valence-corrected chi connectivity index (χ2v) is 12.0. The van der Waals surface area contributed by atoms with Gasteiger partial charge in [-0.1, -0.05) is 20.4 Å². The summed E-state index contributed by atoms with van der Waals surface area (Å²) in [6, 6.07) is 0.309. The van der Waals surface area contributed by atoms with E-state index in [0.717, 1.165) is 6.42 Å². The van der Waals surface area contributed by atoms with Crippen LogP contribution in [0.25, 0.3) is 0 Å². The molecule has 10 heteroatoms. The van der Waals surface area contributed by atoms with Crippen LogP contribution < -0.4 is 5.73 Å². The Morgan fingerprint density at radius 2 is 1.88 bits per heavy atom. The Labute approximate surface area is 234 Å². The first-order valence-corrected chi connectivity index (χ1v) is 13.6. The summed E-state index contributed by atoms with van der Waals surface area (Å²) >= 11 is 0. The Morgan fingerprint density at radius 3 is 2.40 bits per heavy atom. The number of primary amides is 1. The molecule has 0 aliphatic heterocycles. The van der Waals surface area contributed by atoms with E-state index >= 15 is 4.39 Å². The lowest BCUT2D eigenvalue weighted by molar-refractivity contribution is -0.115. The van der Waals surface area contributed by atoms with E-state index in [0.29, 0.717) is 6.54 Å². The number of allylic oxidation sites excluding steroid dienone is 1. The van der Waals surface area contributed by atoms with Crippen LogP contribution in [0.5, 0.6) is 5.75 Å². The molecule has 6 N–H and O–H groups in total. The molecule has 4 rings (SSSR count). The highest BCUT2D eigenvalue weighted by Gasteiger charge is 2.60. The van der Waals surface area contributed by atoms with Crippen molar-refractivity contribution >= 4 is 11.7 Å². The molecule has 1 aromatic carbocycles. The highest BCUT2D eigenvalue weighted by atomic mass is 19.1. The Hall–Kier alpha value is -3.21. The highest BCUT2D eigenvalue weighted by Crippen LogP contribution is 2.55. The van der Waals surface area contributed by atoms with Crippen molar-refractivity contribution in [2.24, 2.45) is 17.6 Å². The molecular weight excluding hydrogens is 517 g/mol. The molecule has 0 radical (unpaired) electrons. The van der Waals surface area contributed by atoms with Crippen LogP contribution in [0, 0.1) is 17.7 Å². The standard InChI is InChI=1S/C30H40FN3O6/c1-8-29(4,5)34(9-2)13-16-12-19(35)22-17(23(16)31)10-15-11-18-24(33(6)7)26(37)20(28(32)39)14(3)30(18,40)27(38)21(15)25(22)36/h12,15,18,24,35,37-38,40H,3,8-11,13H2,1-2,4-7H3,(H2,32,39)/t15-,18-,24-,30-/m0/s1. The van der Waals surface area contributed by atoms with Gasteiger partial charge in [0.05, 0.1) is 17.2 Å². The highest BCUT2D eigenvalue weighted by molar-refractivity contribution is 6.13. The van der Waals surface area contributed by atoms with E-state index in [-0.39, 0.29) is 58.5 Å². The predicted octanol–water partition coefficient (Wildman–Crippen LogP) is 3.26. The van der Waals surface area contributed by atoms with Gasteiger partial charge in [-0.05, 0) is 65.7 Å². The molecule has 0 aromatic heterocycles. The summed E-state index contributed by atoms with van der Waals surface area (Å²) < 4.78 is 16.1. The fourth-order valence-electron chi connectivity index (χ4n) is 6.82. The van der Waals surface area contributed by atoms with Gasteiger partial charge in [-0.15, -0.1) is 0 Å². The van der Waals surface area contributed by atoms with Crippen molar-refractivity contribution in [3.05, 3.63) is 63.4 Å². The van der Waals surface area contributed by atoms with Crippen molar-refractivity contribution in [1.29, 1.82) is 0 Å². The zero-order chi connectivity index (χ0) is 30.1. The number of aliphatic hydroxyl groups is 3. The number of aromatic hydroxyl groups is 1. The Kier molecular flexibility index (Phi) is 7.45. The summed E-state index contributed by atoms with van der Waals surface area (Å²) in [5.41, 5.74) is 2.17. The molecule has 0 fully saturated rings. The number of hydrogen-bond donors (Lipinski definition) is 5. The summed E-state index contributed by atoms with van der Waals surface area (Å²) in [6.45, 7) is 12.8. The number of carbonyl (C=O) groups is 2. The number of carbonyl (C=O) groups excluding carboxylic acids is 2. The lowest BCUT2D eigenvalue weighted by Gasteiger charge is -2.52. The van der Waals surface area contributed by atoms with E-state index < -0.39 is 58.1 Å². The minimum absolute atomic E-state index is 0.0106. The van der Waals surface area contributed by atoms with E-state index in [2.05, 4.69) is 25.3 Å². The fraction of sp³-hybridized carbons (Fsp3) is 0.533. The van der Waals surface area contributed by atoms with Crippen LogP contribution in [0.2, 0.25) is 0 Å². The molecule has 4 atom stereocenters. The second kappa shape index (κ2) is 10.0. The van der Waals surface area contributed by atoms with E-state index in [1.165, 1.54) is 6.07 Å². The number of amides is 1. The van der Waals surface area contributed by atoms with Crippen LogP contribution in [-0.2, 0) is 17.8 Å². The van der Waals surface area contributed by atoms with Crippen molar-refractivity contribution in [3.8, 4) is 5.75 Å². The molecule has 3 aliphatic carbocycles. The zero-order valence-corrected chi connectivity index (χ0v) is 24.0. The molecule has 3 aliphatic rings. The maximum Gasteiger partial charge on any atom is 0.252 e. The van der Waals surface area contributed by atoms with Gasteiger partial charge in [0.2, 0.25) is 0 Å². The lowest BCUT2D eigenvalue weighted by Crippen LogP contribution is -2.60. The summed E-state index contributed by atoms with van der Waals surface area (Å²) in [4.78, 5) is 29.7. The van der Waals surface area contributed by atoms with E-state index in [1.807, 2.05) is 13.8 Å². The molecule has 0 heterocycles. The molecule has 0 spiro atoms. The number of phenolic OH excluding ortho intramolecular Hbond substituents is 1. The van der Waals surface area contributed by atoms with Gasteiger partial charge in [0, 0.05) is 40.3 Å². The molecule has 9 nitrogen and oxygen atoms in total. The maximum absolute atomic E-state index is 16.1. The minimum atomic E-state index is -2.29. The van der Waals surface area contributed by atoms with Gasteiger partial charge in [0.1, 0.15) is 23.1 Å². The molecule has 1 aromatic rings. The van der Waals surface area contributed by atoms with Crippen molar-refractivity contribution in [2.75, 3.05) is 20.6 Å². The first kappa shape index (κ1) is 29.8. The van der Waals surface area contributed by atoms with Crippen LogP contribution in [0.3, 0.4) is 0 Å². The van der Waals surface area contributed by atoms with Crippen molar-refractivity contribution in [2.45, 2.75) is 70.7 Å². The number of nitrogens with zero attached hydrogens (tertiary/aromatic N) is 2. The summed E-state index contributed by atoms with van der Waals surface area (Å²) in [5.74, 6) is -5.59. The third-order valence-corrected chi connectivity index (χ3v) is 9.38. The molecule has 0 saturated heterocycles. The van der Waals surface area contributed by atoms with Gasteiger partial charge in [0.25, 0.3) is 5.91 Å². The normalized spacial score (nSPS) is 26.8. The van der Waals surface area contributed by atoms with Gasteiger partial charge < -0.3 is 26.2 Å². The number of ketones is 1. The van der Waals surface area contributed by atoms with E-state index in [9.17, 15) is 30.0 Å². The van der Waals surface area contributed by atoms with Crippen LogP contribution in [-0.4, -0.2) is 79.7 Å². The molecule has 218 valence electrons. The van der Waals surface area contributed by atoms with Crippen molar-refractivity contribution in [3.63, 3.8) is 0 Å². The topological polar surface area (TPSA) is 148 Å². The molecule has 0 saturated carbocycles. The lowest BCUT2D eigenvalue weighted by atomic mass is 9.57. The predicted molar refractivity (Wildman–Crippen MR) is 148 cm³/mol. The first-order valence-electron chi connectivity index (χ1n) is 13.6. The number of likely N-dealkylation sites (N-methyl/N-ethyl adjacent to an activating group) is 1. The van der Waals surface area contributed by atoms with Crippen LogP contribution in [0.4, 0.5) is 4.39 Å². The smallest absolute Gasteiger partial charge is 0.252 e. The van der Waals surface area contributed by atoms with Crippen LogP contribution in [0.1, 0.15) is 62.0 Å². The fourth-order valence-corrected chi connectivity index (χ4v) is 6.82. The largest absolute Gasteiger partial charge is 0.510 e. The van der Waals surface area contributed by atoms with E-state index in [1.54, 1.807) is 19.0 Å². The van der Waals surface area contributed by atoms with Crippen molar-refractivity contribution < 1.29 is 34.4 Å². The van der Waals surface area contributed by atoms with Gasteiger partial charge in [-0.3, -0.25) is 19.4 Å². The minimum Gasteiger partial charge on any atom is -0.510 e. The summed E-state index contributed by atoms with van der Waals surface area (Å²) in [7, 11) is 3.26. The molecule has 0 unspecified atom stereocenters. The number of nitrogens with two attached hydrogens (primary N) is 1. The van der Waals surface area contributed by atoms with E-state index in [4.69, 9.17) is 5.73 Å². The monoisotopic (exact) mass is 557 g/mol. The Morgan fingerprint density at radius 1 is 1.25 bits per heavy atom. The van der Waals surface area contributed by atoms with Gasteiger partial charge >= 0.3 is 0 Å². The average molecular weight is 558 g/mol. The quantitative estimate of drug-likeness (QED) is 0.343. The van der Waals surface area contributed by atoms with Crippen LogP contribution in [0.15, 0.2) is 40.9 Å². The van der Waals surface area contributed by atoms with Crippen LogP contribution >= 0.6 is 0 Å². The average Bonchev–Trinajstić information content (AvgIpc) is 2.86. The molecule has 0 bridgehead atoms. The molecule has 40 heavy (non-hydrogen) atoms. The second-order valence-electron chi connectivity index (χ2n) is 12.0. The first-order chi connectivity index (χ1) is 18.5. The zero-order valence-electron chi connectivity index (χ0n) is 24.0.